The Morgan fingerprint density at radius 1 is 1.18 bits per heavy atom. The van der Waals surface area contributed by atoms with Crippen LogP contribution in [-0.4, -0.2) is 25.9 Å². The maximum absolute atomic E-state index is 13.2. The number of benzene rings is 2. The van der Waals surface area contributed by atoms with E-state index in [4.69, 9.17) is 16.3 Å². The summed E-state index contributed by atoms with van der Waals surface area (Å²) in [7, 11) is -3.98. The molecule has 8 heteroatoms. The van der Waals surface area contributed by atoms with Gasteiger partial charge in [-0.1, -0.05) is 29.8 Å². The molecule has 3 nitrogen and oxygen atoms in total. The molecule has 2 aromatic carbocycles. The van der Waals surface area contributed by atoms with Gasteiger partial charge in [0.2, 0.25) is 0 Å². The van der Waals surface area contributed by atoms with Gasteiger partial charge >= 0.3 is 6.18 Å². The molecular weight excluding hydrogens is 413 g/mol. The van der Waals surface area contributed by atoms with Gasteiger partial charge in [-0.05, 0) is 62.1 Å². The third kappa shape index (κ3) is 4.36. The van der Waals surface area contributed by atoms with Gasteiger partial charge in [-0.25, -0.2) is 8.42 Å². The molecular formula is C20H20ClF3O3S. The van der Waals surface area contributed by atoms with Crippen molar-refractivity contribution in [2.24, 2.45) is 0 Å². The molecule has 1 saturated heterocycles. The zero-order chi connectivity index (χ0) is 20.6. The van der Waals surface area contributed by atoms with Crippen LogP contribution >= 0.6 is 11.6 Å². The number of hydrogen-bond donors (Lipinski definition) is 0. The van der Waals surface area contributed by atoms with E-state index in [9.17, 15) is 21.6 Å². The molecule has 0 spiro atoms. The number of hydrogen-bond acceptors (Lipinski definition) is 3. The Balaban J connectivity index is 1.85. The Bertz CT molecular complexity index is 942. The van der Waals surface area contributed by atoms with Gasteiger partial charge < -0.3 is 4.74 Å². The lowest BCUT2D eigenvalue weighted by atomic mass is 9.93. The van der Waals surface area contributed by atoms with E-state index in [1.54, 1.807) is 19.1 Å². The summed E-state index contributed by atoms with van der Waals surface area (Å²) in [5.74, 6) is 0. The minimum absolute atomic E-state index is 0.203. The molecule has 0 bridgehead atoms. The zero-order valence-corrected chi connectivity index (χ0v) is 16.7. The third-order valence-electron chi connectivity index (χ3n) is 5.14. The second-order valence-corrected chi connectivity index (χ2v) is 10.2. The largest absolute Gasteiger partial charge is 0.416 e. The normalized spacial score (nSPS) is 23.5. The Morgan fingerprint density at radius 2 is 1.86 bits per heavy atom. The Labute approximate surface area is 167 Å². The van der Waals surface area contributed by atoms with E-state index in [1.165, 1.54) is 6.07 Å². The number of ether oxygens (including phenoxy) is 1. The van der Waals surface area contributed by atoms with E-state index in [1.807, 2.05) is 12.1 Å². The van der Waals surface area contributed by atoms with Crippen molar-refractivity contribution in [3.63, 3.8) is 0 Å². The fourth-order valence-electron chi connectivity index (χ4n) is 3.47. The fraction of sp³-hybridized carbons (Fsp3) is 0.400. The summed E-state index contributed by atoms with van der Waals surface area (Å²) in [4.78, 5) is -0.308. The Morgan fingerprint density at radius 3 is 2.50 bits per heavy atom. The van der Waals surface area contributed by atoms with Crippen molar-refractivity contribution in [2.45, 2.75) is 48.1 Å². The summed E-state index contributed by atoms with van der Waals surface area (Å²) in [6, 6.07) is 11.1. The van der Waals surface area contributed by atoms with Gasteiger partial charge in [-0.2, -0.15) is 13.2 Å². The lowest BCUT2D eigenvalue weighted by molar-refractivity contribution is -0.137. The molecule has 0 saturated carbocycles. The average Bonchev–Trinajstić information content (AvgIpc) is 2.63. The predicted molar refractivity (Wildman–Crippen MR) is 101 cm³/mol. The maximum Gasteiger partial charge on any atom is 0.416 e. The lowest BCUT2D eigenvalue weighted by Crippen LogP contribution is -2.45. The van der Waals surface area contributed by atoms with Crippen molar-refractivity contribution in [1.29, 1.82) is 0 Å². The summed E-state index contributed by atoms with van der Waals surface area (Å²) in [5.41, 5.74) is -0.0166. The number of sulfone groups is 1. The predicted octanol–water partition coefficient (Wildman–Crippen LogP) is 5.31. The van der Waals surface area contributed by atoms with Gasteiger partial charge in [-0.3, -0.25) is 0 Å². The molecule has 2 atom stereocenters. The molecule has 1 heterocycles. The maximum atomic E-state index is 13.2. The second kappa shape index (κ2) is 7.69. The molecule has 0 unspecified atom stereocenters. The third-order valence-corrected chi connectivity index (χ3v) is 7.94. The summed E-state index contributed by atoms with van der Waals surface area (Å²) in [6.45, 7) is 1.81. The number of rotatable bonds is 4. The van der Waals surface area contributed by atoms with Crippen LogP contribution in [0.3, 0.4) is 0 Å². The van der Waals surface area contributed by atoms with Gasteiger partial charge in [-0.15, -0.1) is 0 Å². The van der Waals surface area contributed by atoms with Gasteiger partial charge in [0.15, 0.2) is 9.84 Å². The van der Waals surface area contributed by atoms with Gasteiger partial charge in [0.1, 0.15) is 0 Å². The number of halogens is 4. The average molecular weight is 433 g/mol. The second-order valence-electron chi connectivity index (χ2n) is 7.26. The number of alkyl halides is 3. The molecule has 1 aliphatic rings. The molecule has 0 aliphatic carbocycles. The minimum atomic E-state index is -4.60. The standard InChI is InChI=1S/C20H20ClF3O3S/c1-19(28(25,26)18-4-2-3-15(12-18)20(22,23)24)9-10-27-17(13-19)11-14-5-7-16(21)8-6-14/h2-8,12,17H,9-11,13H2,1H3/t17-,19+/m1/s1. The monoisotopic (exact) mass is 432 g/mol. The summed E-state index contributed by atoms with van der Waals surface area (Å²) in [6.07, 6.45) is -4.01. The van der Waals surface area contributed by atoms with Crippen molar-refractivity contribution in [3.05, 3.63) is 64.7 Å². The highest BCUT2D eigenvalue weighted by atomic mass is 35.5. The molecule has 1 aliphatic heterocycles. The van der Waals surface area contributed by atoms with Gasteiger partial charge in [0.05, 0.1) is 21.3 Å². The van der Waals surface area contributed by atoms with E-state index >= 15 is 0 Å². The Kier molecular flexibility index (Phi) is 5.81. The van der Waals surface area contributed by atoms with Crippen molar-refractivity contribution < 1.29 is 26.3 Å². The van der Waals surface area contributed by atoms with E-state index in [0.29, 0.717) is 17.5 Å². The Hall–Kier alpha value is -1.57. The zero-order valence-electron chi connectivity index (χ0n) is 15.2. The first kappa shape index (κ1) is 21.1. The van der Waals surface area contributed by atoms with Crippen LogP contribution < -0.4 is 0 Å². The van der Waals surface area contributed by atoms with Crippen molar-refractivity contribution in [2.75, 3.05) is 6.61 Å². The highest BCUT2D eigenvalue weighted by molar-refractivity contribution is 7.92. The molecule has 2 aromatic rings. The molecule has 0 aromatic heterocycles. The minimum Gasteiger partial charge on any atom is -0.378 e. The first-order valence-electron chi connectivity index (χ1n) is 8.79. The van der Waals surface area contributed by atoms with Gasteiger partial charge in [0, 0.05) is 11.6 Å². The molecule has 0 amide bonds. The highest BCUT2D eigenvalue weighted by Gasteiger charge is 2.45. The van der Waals surface area contributed by atoms with Crippen LogP contribution in [0.1, 0.15) is 30.9 Å². The van der Waals surface area contributed by atoms with Gasteiger partial charge in [0.25, 0.3) is 0 Å². The molecule has 0 N–H and O–H groups in total. The van der Waals surface area contributed by atoms with Crippen LogP contribution in [0.2, 0.25) is 5.02 Å². The van der Waals surface area contributed by atoms with Crippen LogP contribution in [0.25, 0.3) is 0 Å². The molecule has 152 valence electrons. The van der Waals surface area contributed by atoms with E-state index in [0.717, 1.165) is 17.7 Å². The first-order valence-corrected chi connectivity index (χ1v) is 10.7. The lowest BCUT2D eigenvalue weighted by Gasteiger charge is -2.37. The first-order chi connectivity index (χ1) is 13.0. The SMILES string of the molecule is C[C@]1(S(=O)(=O)c2cccc(C(F)(F)F)c2)CCO[C@H](Cc2ccc(Cl)cc2)C1. The van der Waals surface area contributed by atoms with E-state index in [2.05, 4.69) is 0 Å². The molecule has 28 heavy (non-hydrogen) atoms. The topological polar surface area (TPSA) is 43.4 Å². The van der Waals surface area contributed by atoms with Crippen LogP contribution in [-0.2, 0) is 27.2 Å². The van der Waals surface area contributed by atoms with Crippen molar-refractivity contribution in [1.82, 2.24) is 0 Å². The highest BCUT2D eigenvalue weighted by Crippen LogP contribution is 2.39. The quantitative estimate of drug-likeness (QED) is 0.657. The van der Waals surface area contributed by atoms with E-state index < -0.39 is 26.3 Å². The smallest absolute Gasteiger partial charge is 0.378 e. The summed E-state index contributed by atoms with van der Waals surface area (Å²) < 4.78 is 69.9. The van der Waals surface area contributed by atoms with Crippen molar-refractivity contribution in [3.8, 4) is 0 Å². The van der Waals surface area contributed by atoms with Crippen molar-refractivity contribution >= 4 is 21.4 Å². The van der Waals surface area contributed by atoms with Crippen LogP contribution in [0.5, 0.6) is 0 Å². The molecule has 0 radical (unpaired) electrons. The molecule has 1 fully saturated rings. The van der Waals surface area contributed by atoms with Crippen LogP contribution in [0.15, 0.2) is 53.4 Å². The van der Waals surface area contributed by atoms with Crippen LogP contribution in [0, 0.1) is 0 Å². The fourth-order valence-corrected chi connectivity index (χ4v) is 5.46. The summed E-state index contributed by atoms with van der Waals surface area (Å²) >= 11 is 5.88. The molecule has 3 rings (SSSR count). The van der Waals surface area contributed by atoms with Crippen LogP contribution in [0.4, 0.5) is 13.2 Å². The summed E-state index contributed by atoms with van der Waals surface area (Å²) in [5, 5.41) is 0.602. The van der Waals surface area contributed by atoms with E-state index in [-0.39, 0.29) is 30.4 Å².